The number of ether oxygens (including phenoxy) is 1. The molecule has 3 heteroatoms. The van der Waals surface area contributed by atoms with E-state index >= 15 is 0 Å². The Balaban J connectivity index is 3.17. The fourth-order valence-electron chi connectivity index (χ4n) is 0.466. The highest BCUT2D eigenvalue weighted by Crippen LogP contribution is 1.92. The van der Waals surface area contributed by atoms with Gasteiger partial charge in [-0.25, -0.2) is 0 Å². The van der Waals surface area contributed by atoms with Crippen LogP contribution in [-0.4, -0.2) is 19.1 Å². The summed E-state index contributed by atoms with van der Waals surface area (Å²) in [6, 6.07) is 0.337. The van der Waals surface area contributed by atoms with Gasteiger partial charge in [0.1, 0.15) is 0 Å². The van der Waals surface area contributed by atoms with Crippen LogP contribution >= 0.6 is 0 Å². The zero-order valence-corrected chi connectivity index (χ0v) is 6.02. The summed E-state index contributed by atoms with van der Waals surface area (Å²) in [5, 5.41) is 0. The van der Waals surface area contributed by atoms with Gasteiger partial charge in [0, 0.05) is 6.42 Å². The Morgan fingerprint density at radius 2 is 2.33 bits per heavy atom. The van der Waals surface area contributed by atoms with Crippen LogP contribution in [0.25, 0.3) is 0 Å². The van der Waals surface area contributed by atoms with E-state index in [0.29, 0.717) is 12.5 Å². The topological polar surface area (TPSA) is 53.9 Å². The lowest BCUT2D eigenvalue weighted by Gasteiger charge is -1.98. The molecule has 54 valence electrons. The van der Waals surface area contributed by atoms with E-state index in [0.717, 1.165) is 6.42 Å². The zero-order valence-electron chi connectivity index (χ0n) is 6.02. The maximum atomic E-state index is 10.5. The Kier molecular flexibility index (Phi) is 4.05. The zero-order chi connectivity index (χ0) is 7.28. The van der Waals surface area contributed by atoms with E-state index in [1.165, 1.54) is 7.11 Å². The molecule has 0 heterocycles. The highest BCUT2D eigenvalue weighted by Gasteiger charge is 2.03. The van der Waals surface area contributed by atoms with Crippen LogP contribution in [0.2, 0.25) is 0 Å². The summed E-state index contributed by atoms with van der Waals surface area (Å²) < 4.78 is 4.43. The number of rotatable bonds is 3. The first-order valence-electron chi connectivity index (χ1n) is 3.06. The van der Waals surface area contributed by atoms with Crippen LogP contribution in [0.3, 0.4) is 0 Å². The molecule has 3 nitrogen and oxygen atoms in total. The number of carbonyl (C=O) groups is 1. The summed E-state index contributed by atoms with van der Waals surface area (Å²) in [4.78, 5) is 10.5. The first kappa shape index (κ1) is 8.43. The summed E-state index contributed by atoms with van der Waals surface area (Å²) in [5.74, 6) is -0.148. The fourth-order valence-corrected chi connectivity index (χ4v) is 0.466. The molecule has 9 heavy (non-hydrogen) atoms. The van der Waals surface area contributed by atoms with E-state index in [1.807, 2.05) is 6.92 Å². The van der Waals surface area contributed by atoms with Crippen molar-refractivity contribution in [3.8, 4) is 0 Å². The molecule has 0 aromatic heterocycles. The Morgan fingerprint density at radius 3 is 2.67 bits per heavy atom. The van der Waals surface area contributed by atoms with Crippen molar-refractivity contribution in [2.24, 2.45) is 0 Å². The van der Waals surface area contributed by atoms with Crippen LogP contribution in [0.15, 0.2) is 0 Å². The average Bonchev–Trinajstić information content (AvgIpc) is 1.83. The Bertz CT molecular complexity index is 91.1. The van der Waals surface area contributed by atoms with E-state index < -0.39 is 0 Å². The number of hydrogen-bond acceptors (Lipinski definition) is 2. The molecule has 0 amide bonds. The van der Waals surface area contributed by atoms with E-state index in [4.69, 9.17) is 0 Å². The Morgan fingerprint density at radius 1 is 1.78 bits per heavy atom. The molecule has 0 aliphatic carbocycles. The minimum absolute atomic E-state index is 0.148. The molecule has 0 saturated heterocycles. The maximum absolute atomic E-state index is 10.5. The van der Waals surface area contributed by atoms with Crippen LogP contribution in [0, 0.1) is 0 Å². The van der Waals surface area contributed by atoms with Crippen LogP contribution in [0.1, 0.15) is 19.8 Å². The van der Waals surface area contributed by atoms with Gasteiger partial charge in [-0.15, -0.1) is 0 Å². The second-order valence-electron chi connectivity index (χ2n) is 2.22. The number of methoxy groups -OCH3 is 1. The molecule has 0 aliphatic heterocycles. The van der Waals surface area contributed by atoms with Crippen molar-refractivity contribution in [2.45, 2.75) is 25.8 Å². The van der Waals surface area contributed by atoms with E-state index in [1.54, 1.807) is 0 Å². The molecule has 0 radical (unpaired) electrons. The third-order valence-corrected chi connectivity index (χ3v) is 1.07. The van der Waals surface area contributed by atoms with Crippen molar-refractivity contribution < 1.29 is 15.3 Å². The monoisotopic (exact) mass is 132 g/mol. The molecule has 1 atom stereocenters. The first-order valence-corrected chi connectivity index (χ1v) is 3.06. The summed E-state index contributed by atoms with van der Waals surface area (Å²) in [7, 11) is 1.40. The second kappa shape index (κ2) is 4.32. The smallest absolute Gasteiger partial charge is 0.305 e. The van der Waals surface area contributed by atoms with Crippen molar-refractivity contribution in [3.63, 3.8) is 0 Å². The molecule has 0 fully saturated rings. The number of hydrogen-bond donors (Lipinski definition) is 1. The summed E-state index contributed by atoms with van der Waals surface area (Å²) >= 11 is 0. The molecule has 0 aliphatic rings. The first-order chi connectivity index (χ1) is 4.16. The number of carbonyl (C=O) groups excluding carboxylic acids is 1. The third kappa shape index (κ3) is 5.30. The summed E-state index contributed by atoms with van der Waals surface area (Å²) in [5.41, 5.74) is 3.74. The normalized spacial score (nSPS) is 12.8. The summed E-state index contributed by atoms with van der Waals surface area (Å²) in [6.07, 6.45) is 1.30. The van der Waals surface area contributed by atoms with Gasteiger partial charge in [-0.1, -0.05) is 0 Å². The van der Waals surface area contributed by atoms with Crippen LogP contribution in [-0.2, 0) is 9.53 Å². The van der Waals surface area contributed by atoms with Gasteiger partial charge in [-0.3, -0.25) is 4.79 Å². The van der Waals surface area contributed by atoms with E-state index in [9.17, 15) is 4.79 Å². The lowest BCUT2D eigenvalue weighted by Crippen LogP contribution is -2.59. The Hall–Kier alpha value is -0.570. The van der Waals surface area contributed by atoms with Crippen LogP contribution in [0.5, 0.6) is 0 Å². The predicted molar refractivity (Wildman–Crippen MR) is 33.6 cm³/mol. The second-order valence-corrected chi connectivity index (χ2v) is 2.22. The van der Waals surface area contributed by atoms with Gasteiger partial charge in [0.2, 0.25) is 0 Å². The minimum atomic E-state index is -0.148. The molecular formula is C6H14NO2+. The average molecular weight is 132 g/mol. The summed E-state index contributed by atoms with van der Waals surface area (Å²) in [6.45, 7) is 1.98. The van der Waals surface area contributed by atoms with Crippen LogP contribution < -0.4 is 5.73 Å². The molecule has 0 spiro atoms. The Labute approximate surface area is 55.2 Å². The van der Waals surface area contributed by atoms with E-state index in [2.05, 4.69) is 10.5 Å². The molecule has 0 aromatic carbocycles. The van der Waals surface area contributed by atoms with Gasteiger partial charge >= 0.3 is 5.97 Å². The van der Waals surface area contributed by atoms with Gasteiger partial charge in [0.05, 0.1) is 19.6 Å². The van der Waals surface area contributed by atoms with Gasteiger partial charge in [-0.05, 0) is 6.92 Å². The van der Waals surface area contributed by atoms with Crippen molar-refractivity contribution >= 4 is 5.97 Å². The highest BCUT2D eigenvalue weighted by molar-refractivity contribution is 5.69. The molecule has 0 rings (SSSR count). The quantitative estimate of drug-likeness (QED) is 0.530. The molecule has 0 aromatic rings. The van der Waals surface area contributed by atoms with Crippen LogP contribution in [0.4, 0.5) is 0 Å². The maximum Gasteiger partial charge on any atom is 0.305 e. The minimum Gasteiger partial charge on any atom is -0.469 e. The van der Waals surface area contributed by atoms with Gasteiger partial charge in [0.25, 0.3) is 0 Å². The molecule has 0 saturated carbocycles. The number of esters is 1. The molecule has 0 unspecified atom stereocenters. The number of quaternary nitrogens is 1. The predicted octanol–water partition coefficient (Wildman–Crippen LogP) is -0.430. The van der Waals surface area contributed by atoms with Crippen molar-refractivity contribution in [3.05, 3.63) is 0 Å². The van der Waals surface area contributed by atoms with Gasteiger partial charge < -0.3 is 10.5 Å². The molecule has 0 bridgehead atoms. The molecule has 3 N–H and O–H groups in total. The van der Waals surface area contributed by atoms with Gasteiger partial charge in [-0.2, -0.15) is 0 Å². The largest absolute Gasteiger partial charge is 0.469 e. The standard InChI is InChI=1S/C6H13NO2/c1-5(7)3-4-6(8)9-2/h5H,3-4,7H2,1-2H3/p+1/t5-/m0/s1. The fraction of sp³-hybridized carbons (Fsp3) is 0.833. The highest BCUT2D eigenvalue weighted by atomic mass is 16.5. The van der Waals surface area contributed by atoms with Gasteiger partial charge in [0.15, 0.2) is 0 Å². The van der Waals surface area contributed by atoms with E-state index in [-0.39, 0.29) is 5.97 Å². The van der Waals surface area contributed by atoms with Crippen molar-refractivity contribution in [1.29, 1.82) is 0 Å². The van der Waals surface area contributed by atoms with Crippen molar-refractivity contribution in [2.75, 3.05) is 7.11 Å². The lowest BCUT2D eigenvalue weighted by molar-refractivity contribution is -0.415. The van der Waals surface area contributed by atoms with Crippen molar-refractivity contribution in [1.82, 2.24) is 0 Å². The lowest BCUT2D eigenvalue weighted by atomic mass is 10.2. The third-order valence-electron chi connectivity index (χ3n) is 1.07. The molecular weight excluding hydrogens is 118 g/mol. The SMILES string of the molecule is COC(=O)CC[C@H](C)[NH3+].